The van der Waals surface area contributed by atoms with Gasteiger partial charge in [-0.3, -0.25) is 0 Å². The van der Waals surface area contributed by atoms with Crippen LogP contribution in [0.2, 0.25) is 0 Å². The molecular weight excluding hydrogens is 391 g/mol. The summed E-state index contributed by atoms with van der Waals surface area (Å²) in [6, 6.07) is 25.3. The molecule has 0 aromatic heterocycles. The first-order chi connectivity index (χ1) is 12.4. The molecule has 0 atom stereocenters. The Labute approximate surface area is 170 Å². The molecule has 26 heavy (non-hydrogen) atoms. The molecule has 132 valence electrons. The van der Waals surface area contributed by atoms with Gasteiger partial charge in [0, 0.05) is 5.56 Å². The van der Waals surface area contributed by atoms with Gasteiger partial charge < -0.3 is 0 Å². The molecular formula is C22H21PS3. The zero-order valence-electron chi connectivity index (χ0n) is 15.1. The molecule has 0 radical (unpaired) electrons. The third-order valence-corrected chi connectivity index (χ3v) is 12.2. The van der Waals surface area contributed by atoms with E-state index in [4.69, 9.17) is 24.0 Å². The molecule has 0 aliphatic heterocycles. The van der Waals surface area contributed by atoms with Crippen LogP contribution in [0.4, 0.5) is 0 Å². The van der Waals surface area contributed by atoms with Crippen molar-refractivity contribution in [3.05, 3.63) is 95.1 Å². The molecule has 3 rings (SSSR count). The number of hydrogen-bond acceptors (Lipinski definition) is 3. The van der Waals surface area contributed by atoms with E-state index in [-0.39, 0.29) is 0 Å². The first kappa shape index (κ1) is 19.5. The number of aryl methyl sites for hydroxylation is 3. The van der Waals surface area contributed by atoms with Gasteiger partial charge in [-0.1, -0.05) is 114 Å². The molecule has 0 nitrogen and oxygen atoms in total. The highest BCUT2D eigenvalue weighted by molar-refractivity contribution is 8.81. The van der Waals surface area contributed by atoms with Crippen LogP contribution in [0.1, 0.15) is 22.3 Å². The molecule has 0 aliphatic rings. The Morgan fingerprint density at radius 1 is 0.769 bits per heavy atom. The molecule has 0 saturated heterocycles. The van der Waals surface area contributed by atoms with Crippen LogP contribution in [0.25, 0.3) is 0 Å². The Hall–Kier alpha value is -1.25. The van der Waals surface area contributed by atoms with E-state index < -0.39 is 5.24 Å². The fraction of sp³-hybridized carbons (Fsp3) is 0.136. The van der Waals surface area contributed by atoms with E-state index in [1.807, 2.05) is 12.1 Å². The molecule has 0 saturated carbocycles. The Balaban J connectivity index is 2.08. The maximum absolute atomic E-state index is 6.31. The Bertz CT molecular complexity index is 912. The molecule has 0 bridgehead atoms. The van der Waals surface area contributed by atoms with Gasteiger partial charge in [0.15, 0.2) is 0 Å². The van der Waals surface area contributed by atoms with Crippen molar-refractivity contribution >= 4 is 55.5 Å². The van der Waals surface area contributed by atoms with Gasteiger partial charge >= 0.3 is 0 Å². The van der Waals surface area contributed by atoms with E-state index in [0.717, 1.165) is 9.76 Å². The van der Waals surface area contributed by atoms with Crippen LogP contribution in [0.3, 0.4) is 0 Å². The summed E-state index contributed by atoms with van der Waals surface area (Å²) in [7, 11) is 0. The summed E-state index contributed by atoms with van der Waals surface area (Å²) in [6.45, 7) is 6.39. The lowest BCUT2D eigenvalue weighted by atomic mass is 10.0. The van der Waals surface area contributed by atoms with Crippen molar-refractivity contribution in [3.8, 4) is 0 Å². The Kier molecular flexibility index (Phi) is 6.14. The minimum absolute atomic E-state index is 0.899. The largest absolute Gasteiger partial charge is 0.0839 e. The van der Waals surface area contributed by atoms with E-state index in [9.17, 15) is 0 Å². The zero-order chi connectivity index (χ0) is 18.7. The number of hydrogen-bond donors (Lipinski definition) is 0. The van der Waals surface area contributed by atoms with Crippen molar-refractivity contribution < 1.29 is 0 Å². The van der Waals surface area contributed by atoms with Crippen LogP contribution in [-0.4, -0.2) is 4.20 Å². The zero-order valence-corrected chi connectivity index (χ0v) is 18.4. The lowest BCUT2D eigenvalue weighted by Gasteiger charge is -2.24. The standard InChI is InChI=1S/C22H21PS3/c1-16-14-17(2)21(18(3)15-16)22(24)26-23(25,19-10-6-4-7-11-19)20-12-8-5-9-13-20/h4-15H,1-3H3. The van der Waals surface area contributed by atoms with Crippen LogP contribution >= 0.6 is 28.8 Å². The summed E-state index contributed by atoms with van der Waals surface area (Å²) >= 11 is 13.9. The second kappa shape index (κ2) is 8.19. The van der Waals surface area contributed by atoms with Crippen LogP contribution < -0.4 is 10.6 Å². The molecule has 0 aliphatic carbocycles. The van der Waals surface area contributed by atoms with Gasteiger partial charge in [0.05, 0.1) is 9.44 Å². The third-order valence-electron chi connectivity index (χ3n) is 4.28. The van der Waals surface area contributed by atoms with Crippen molar-refractivity contribution in [2.75, 3.05) is 0 Å². The van der Waals surface area contributed by atoms with Gasteiger partial charge in [-0.25, -0.2) is 0 Å². The first-order valence-electron chi connectivity index (χ1n) is 8.45. The number of benzene rings is 3. The molecule has 0 heterocycles. The van der Waals surface area contributed by atoms with Gasteiger partial charge in [-0.2, -0.15) is 0 Å². The van der Waals surface area contributed by atoms with Crippen molar-refractivity contribution in [3.63, 3.8) is 0 Å². The van der Waals surface area contributed by atoms with E-state index in [0.29, 0.717) is 0 Å². The van der Waals surface area contributed by atoms with E-state index in [1.54, 1.807) is 11.4 Å². The molecule has 3 aromatic carbocycles. The van der Waals surface area contributed by atoms with Crippen molar-refractivity contribution in [2.45, 2.75) is 20.8 Å². The molecule has 4 heteroatoms. The van der Waals surface area contributed by atoms with Gasteiger partial charge in [0.1, 0.15) is 0 Å². The first-order valence-corrected chi connectivity index (χ1v) is 13.1. The minimum Gasteiger partial charge on any atom is -0.0756 e. The highest BCUT2D eigenvalue weighted by Gasteiger charge is 2.26. The Morgan fingerprint density at radius 2 is 1.19 bits per heavy atom. The number of thiocarbonyl (C=S) groups is 1. The SMILES string of the molecule is Cc1cc(C)c(C(=S)SP(=S)(c2ccccc2)c2ccccc2)c(C)c1. The molecule has 3 aromatic rings. The van der Waals surface area contributed by atoms with Crippen LogP contribution in [0.5, 0.6) is 0 Å². The average Bonchev–Trinajstić information content (AvgIpc) is 2.62. The van der Waals surface area contributed by atoms with Crippen molar-refractivity contribution in [1.29, 1.82) is 0 Å². The second-order valence-corrected chi connectivity index (χ2v) is 14.3. The minimum atomic E-state index is -2.09. The maximum Gasteiger partial charge on any atom is 0.0839 e. The van der Waals surface area contributed by atoms with Gasteiger partial charge in [-0.15, -0.1) is 0 Å². The number of rotatable bonds is 4. The van der Waals surface area contributed by atoms with Gasteiger partial charge in [-0.05, 0) is 42.5 Å². The highest BCUT2D eigenvalue weighted by Crippen LogP contribution is 2.58. The summed E-state index contributed by atoms with van der Waals surface area (Å²) in [5.74, 6) is 0. The molecule has 0 unspecified atom stereocenters. The topological polar surface area (TPSA) is 0 Å². The quantitative estimate of drug-likeness (QED) is 0.377. The predicted molar refractivity (Wildman–Crippen MR) is 126 cm³/mol. The van der Waals surface area contributed by atoms with Crippen LogP contribution in [0.15, 0.2) is 72.8 Å². The summed E-state index contributed by atoms with van der Waals surface area (Å²) in [5, 5.41) is 0.293. The van der Waals surface area contributed by atoms with E-state index in [2.05, 4.69) is 81.4 Å². The van der Waals surface area contributed by atoms with Crippen LogP contribution in [0, 0.1) is 20.8 Å². The molecule has 0 fully saturated rings. The lowest BCUT2D eigenvalue weighted by Crippen LogP contribution is -2.15. The molecule has 0 amide bonds. The molecule has 0 spiro atoms. The lowest BCUT2D eigenvalue weighted by molar-refractivity contribution is 1.31. The van der Waals surface area contributed by atoms with Crippen LogP contribution in [-0.2, 0) is 11.8 Å². The fourth-order valence-corrected chi connectivity index (χ4v) is 10.9. The highest BCUT2D eigenvalue weighted by atomic mass is 32.9. The van der Waals surface area contributed by atoms with E-state index >= 15 is 0 Å². The van der Waals surface area contributed by atoms with Crippen molar-refractivity contribution in [2.24, 2.45) is 0 Å². The summed E-state index contributed by atoms with van der Waals surface area (Å²) < 4.78 is 0.899. The smallest absolute Gasteiger partial charge is 0.0756 e. The summed E-state index contributed by atoms with van der Waals surface area (Å²) in [6.07, 6.45) is 0. The third kappa shape index (κ3) is 4.02. The monoisotopic (exact) mass is 412 g/mol. The fourth-order valence-electron chi connectivity index (χ4n) is 3.17. The van der Waals surface area contributed by atoms with Gasteiger partial charge in [0.2, 0.25) is 0 Å². The second-order valence-electron chi connectivity index (χ2n) is 6.38. The normalized spacial score (nSPS) is 11.3. The Morgan fingerprint density at radius 3 is 1.62 bits per heavy atom. The predicted octanol–water partition coefficient (Wildman–Crippen LogP) is 6.07. The van der Waals surface area contributed by atoms with E-state index in [1.165, 1.54) is 27.3 Å². The summed E-state index contributed by atoms with van der Waals surface area (Å²) in [5.41, 5.74) is 4.88. The average molecular weight is 413 g/mol. The summed E-state index contributed by atoms with van der Waals surface area (Å²) in [4.78, 5) is 0. The maximum atomic E-state index is 6.31. The van der Waals surface area contributed by atoms with Crippen molar-refractivity contribution in [1.82, 2.24) is 0 Å². The molecule has 0 N–H and O–H groups in total. The van der Waals surface area contributed by atoms with Gasteiger partial charge in [0.25, 0.3) is 0 Å².